The van der Waals surface area contributed by atoms with Crippen molar-refractivity contribution in [1.82, 2.24) is 4.90 Å². The van der Waals surface area contributed by atoms with Gasteiger partial charge in [-0.25, -0.2) is 0 Å². The fourth-order valence-corrected chi connectivity index (χ4v) is 3.29. The largest absolute Gasteiger partial charge is 0.492 e. The quantitative estimate of drug-likeness (QED) is 0.720. The summed E-state index contributed by atoms with van der Waals surface area (Å²) in [6.07, 6.45) is 1.60. The predicted molar refractivity (Wildman–Crippen MR) is 102 cm³/mol. The monoisotopic (exact) mass is 372 g/mol. The lowest BCUT2D eigenvalue weighted by molar-refractivity contribution is -0.123. The van der Waals surface area contributed by atoms with E-state index in [4.69, 9.17) is 9.15 Å². The minimum Gasteiger partial charge on any atom is -0.492 e. The zero-order chi connectivity index (χ0) is 18.7. The van der Waals surface area contributed by atoms with E-state index in [1.165, 1.54) is 4.90 Å². The van der Waals surface area contributed by atoms with Crippen LogP contribution in [0.1, 0.15) is 11.3 Å². The molecule has 1 aromatic carbocycles. The molecule has 2 heterocycles. The van der Waals surface area contributed by atoms with Crippen molar-refractivity contribution < 1.29 is 18.7 Å². The van der Waals surface area contributed by atoms with E-state index in [1.807, 2.05) is 56.3 Å². The molecule has 6 nitrogen and oxygen atoms in total. The maximum absolute atomic E-state index is 12.5. The van der Waals surface area contributed by atoms with Crippen LogP contribution in [0.2, 0.25) is 0 Å². The summed E-state index contributed by atoms with van der Waals surface area (Å²) in [4.78, 5) is 28.0. The van der Waals surface area contributed by atoms with Crippen LogP contribution in [0, 0.1) is 6.92 Å². The van der Waals surface area contributed by atoms with E-state index in [0.717, 1.165) is 23.1 Å². The Morgan fingerprint density at radius 2 is 2.04 bits per heavy atom. The third kappa shape index (κ3) is 4.11. The first kappa shape index (κ1) is 18.1. The molecule has 1 saturated heterocycles. The number of furan rings is 1. The number of carbonyl (C=O) groups is 2. The molecule has 0 atom stereocenters. The van der Waals surface area contributed by atoms with E-state index >= 15 is 0 Å². The summed E-state index contributed by atoms with van der Waals surface area (Å²) < 4.78 is 11.2. The van der Waals surface area contributed by atoms with Crippen LogP contribution >= 0.6 is 11.8 Å². The summed E-state index contributed by atoms with van der Waals surface area (Å²) in [5.74, 6) is 1.62. The Morgan fingerprint density at radius 3 is 2.73 bits per heavy atom. The molecule has 1 fully saturated rings. The number of hydrogen-bond acceptors (Lipinski definition) is 6. The Hall–Kier alpha value is -2.67. The van der Waals surface area contributed by atoms with Crippen molar-refractivity contribution in [3.63, 3.8) is 0 Å². The van der Waals surface area contributed by atoms with Gasteiger partial charge in [-0.2, -0.15) is 0 Å². The van der Waals surface area contributed by atoms with E-state index in [-0.39, 0.29) is 24.3 Å². The highest BCUT2D eigenvalue weighted by atomic mass is 32.2. The lowest BCUT2D eigenvalue weighted by Gasteiger charge is -2.13. The van der Waals surface area contributed by atoms with E-state index in [2.05, 4.69) is 0 Å². The van der Waals surface area contributed by atoms with Crippen molar-refractivity contribution in [2.24, 2.45) is 0 Å². The highest BCUT2D eigenvalue weighted by Gasteiger charge is 2.35. The lowest BCUT2D eigenvalue weighted by Crippen LogP contribution is -2.32. The third-order valence-corrected chi connectivity index (χ3v) is 4.68. The summed E-state index contributed by atoms with van der Waals surface area (Å²) in [5, 5.41) is -0.298. The number of imide groups is 1. The van der Waals surface area contributed by atoms with Crippen molar-refractivity contribution in [3.05, 3.63) is 52.6 Å². The Morgan fingerprint density at radius 1 is 1.23 bits per heavy atom. The van der Waals surface area contributed by atoms with Crippen molar-refractivity contribution in [1.29, 1.82) is 0 Å². The minimum atomic E-state index is -0.323. The molecule has 136 valence electrons. The Labute approximate surface area is 156 Å². The zero-order valence-corrected chi connectivity index (χ0v) is 15.7. The number of carbonyl (C=O) groups excluding carboxylic acids is 2. The molecule has 2 aromatic rings. The standard InChI is InChI=1S/C19H20N2O4S/c1-13-5-4-6-14(11-13)24-10-9-21-18(22)16(26-19(21)23)12-15-7-8-17(25-15)20(2)3/h4-8,11-12H,9-10H2,1-3H3/b16-12-. The molecule has 0 unspecified atom stereocenters. The minimum absolute atomic E-state index is 0.205. The van der Waals surface area contributed by atoms with Crippen LogP contribution in [0.15, 0.2) is 45.7 Å². The van der Waals surface area contributed by atoms with Gasteiger partial charge < -0.3 is 14.1 Å². The molecular weight excluding hydrogens is 352 g/mol. The highest BCUT2D eigenvalue weighted by molar-refractivity contribution is 8.18. The van der Waals surface area contributed by atoms with E-state index in [1.54, 1.807) is 12.1 Å². The second kappa shape index (κ2) is 7.70. The second-order valence-electron chi connectivity index (χ2n) is 6.07. The first-order valence-electron chi connectivity index (χ1n) is 8.16. The maximum atomic E-state index is 12.5. The Balaban J connectivity index is 1.62. The second-order valence-corrected chi connectivity index (χ2v) is 7.06. The first-order valence-corrected chi connectivity index (χ1v) is 8.97. The molecule has 0 bridgehead atoms. The highest BCUT2D eigenvalue weighted by Crippen LogP contribution is 2.32. The molecule has 0 N–H and O–H groups in total. The Bertz CT molecular complexity index is 857. The number of rotatable bonds is 6. The summed E-state index contributed by atoms with van der Waals surface area (Å²) in [6, 6.07) is 11.2. The molecule has 26 heavy (non-hydrogen) atoms. The average molecular weight is 372 g/mol. The first-order chi connectivity index (χ1) is 12.4. The summed E-state index contributed by atoms with van der Waals surface area (Å²) >= 11 is 0.912. The molecular formula is C19H20N2O4S. The number of amides is 2. The number of thioether (sulfide) groups is 1. The third-order valence-electron chi connectivity index (χ3n) is 3.77. The Kier molecular flexibility index (Phi) is 5.37. The number of hydrogen-bond donors (Lipinski definition) is 0. The van der Waals surface area contributed by atoms with Gasteiger partial charge in [-0.05, 0) is 42.4 Å². The summed E-state index contributed by atoms with van der Waals surface area (Å²) in [6.45, 7) is 2.43. The van der Waals surface area contributed by atoms with Crippen LogP contribution in [-0.2, 0) is 4.79 Å². The number of benzene rings is 1. The van der Waals surface area contributed by atoms with E-state index < -0.39 is 0 Å². The molecule has 0 aliphatic carbocycles. The SMILES string of the molecule is Cc1cccc(OCCN2C(=O)S/C(=C\c3ccc(N(C)C)o3)C2=O)c1. The molecule has 0 saturated carbocycles. The topological polar surface area (TPSA) is 63.0 Å². The summed E-state index contributed by atoms with van der Waals surface area (Å²) in [5.41, 5.74) is 1.09. The van der Waals surface area contributed by atoms with Crippen LogP contribution in [0.5, 0.6) is 5.75 Å². The van der Waals surface area contributed by atoms with Crippen molar-refractivity contribution in [2.75, 3.05) is 32.1 Å². The maximum Gasteiger partial charge on any atom is 0.293 e. The van der Waals surface area contributed by atoms with Crippen LogP contribution < -0.4 is 9.64 Å². The molecule has 1 aromatic heterocycles. The van der Waals surface area contributed by atoms with Crippen molar-refractivity contribution in [2.45, 2.75) is 6.92 Å². The van der Waals surface area contributed by atoms with Gasteiger partial charge in [0.05, 0.1) is 11.4 Å². The van der Waals surface area contributed by atoms with Crippen LogP contribution in [0.25, 0.3) is 6.08 Å². The van der Waals surface area contributed by atoms with Crippen molar-refractivity contribution in [3.8, 4) is 5.75 Å². The van der Waals surface area contributed by atoms with Gasteiger partial charge in [0, 0.05) is 26.2 Å². The van der Waals surface area contributed by atoms with Gasteiger partial charge in [-0.1, -0.05) is 12.1 Å². The molecule has 3 rings (SSSR count). The molecule has 1 aliphatic rings. The van der Waals surface area contributed by atoms with E-state index in [0.29, 0.717) is 16.5 Å². The fourth-order valence-electron chi connectivity index (χ4n) is 2.44. The zero-order valence-electron chi connectivity index (χ0n) is 14.9. The van der Waals surface area contributed by atoms with Gasteiger partial charge in [-0.15, -0.1) is 0 Å². The van der Waals surface area contributed by atoms with Gasteiger partial charge in [-0.3, -0.25) is 14.5 Å². The predicted octanol–water partition coefficient (Wildman–Crippen LogP) is 3.77. The molecule has 1 aliphatic heterocycles. The summed E-state index contributed by atoms with van der Waals surface area (Å²) in [7, 11) is 3.73. The van der Waals surface area contributed by atoms with Crippen LogP contribution in [0.4, 0.5) is 10.7 Å². The van der Waals surface area contributed by atoms with Crippen LogP contribution in [0.3, 0.4) is 0 Å². The van der Waals surface area contributed by atoms with Crippen LogP contribution in [-0.4, -0.2) is 43.3 Å². The van der Waals surface area contributed by atoms with Crippen molar-refractivity contribution >= 4 is 34.9 Å². The lowest BCUT2D eigenvalue weighted by atomic mass is 10.2. The molecule has 2 amide bonds. The van der Waals surface area contributed by atoms with Gasteiger partial charge in [0.1, 0.15) is 18.1 Å². The van der Waals surface area contributed by atoms with Gasteiger partial charge in [0.15, 0.2) is 5.88 Å². The number of nitrogens with zero attached hydrogens (tertiary/aromatic N) is 2. The average Bonchev–Trinajstić information content (AvgIpc) is 3.15. The van der Waals surface area contributed by atoms with Gasteiger partial charge in [0.2, 0.25) is 0 Å². The fraction of sp³-hybridized carbons (Fsp3) is 0.263. The molecule has 0 spiro atoms. The number of aryl methyl sites for hydroxylation is 1. The van der Waals surface area contributed by atoms with Gasteiger partial charge >= 0.3 is 0 Å². The molecule has 7 heteroatoms. The molecule has 0 radical (unpaired) electrons. The smallest absolute Gasteiger partial charge is 0.293 e. The normalized spacial score (nSPS) is 15.8. The van der Waals surface area contributed by atoms with E-state index in [9.17, 15) is 9.59 Å². The number of ether oxygens (including phenoxy) is 1. The number of anilines is 1. The van der Waals surface area contributed by atoms with Gasteiger partial charge in [0.25, 0.3) is 11.1 Å².